The first-order chi connectivity index (χ1) is 9.63. The van der Waals surface area contributed by atoms with Gasteiger partial charge in [-0.2, -0.15) is 0 Å². The Hall–Kier alpha value is -1.42. The predicted octanol–water partition coefficient (Wildman–Crippen LogP) is 4.07. The zero-order chi connectivity index (χ0) is 14.5. The van der Waals surface area contributed by atoms with Crippen LogP contribution in [0.5, 0.6) is 11.5 Å². The van der Waals surface area contributed by atoms with Gasteiger partial charge < -0.3 is 14.6 Å². The molecule has 0 saturated carbocycles. The van der Waals surface area contributed by atoms with Gasteiger partial charge in [0.05, 0.1) is 18.7 Å². The van der Waals surface area contributed by atoms with E-state index in [2.05, 4.69) is 0 Å². The van der Waals surface area contributed by atoms with Crippen LogP contribution in [-0.4, -0.2) is 12.2 Å². The molecule has 0 radical (unpaired) electrons. The first-order valence-corrected chi connectivity index (χ1v) is 6.74. The monoisotopic (exact) mass is 312 g/mol. The highest BCUT2D eigenvalue weighted by molar-refractivity contribution is 6.35. The van der Waals surface area contributed by atoms with Gasteiger partial charge in [-0.15, -0.1) is 0 Å². The van der Waals surface area contributed by atoms with Gasteiger partial charge in [0.15, 0.2) is 0 Å². The smallest absolute Gasteiger partial charge is 0.144 e. The molecule has 3 nitrogen and oxygen atoms in total. The molecule has 0 bridgehead atoms. The molecule has 0 aliphatic rings. The Kier molecular flexibility index (Phi) is 5.12. The lowest BCUT2D eigenvalue weighted by Gasteiger charge is -2.13. The quantitative estimate of drug-likeness (QED) is 0.904. The van der Waals surface area contributed by atoms with Crippen molar-refractivity contribution in [1.29, 1.82) is 0 Å². The molecule has 1 N–H and O–H groups in total. The van der Waals surface area contributed by atoms with Crippen LogP contribution in [-0.2, 0) is 13.2 Å². The third-order valence-corrected chi connectivity index (χ3v) is 3.30. The highest BCUT2D eigenvalue weighted by Crippen LogP contribution is 2.33. The van der Waals surface area contributed by atoms with Crippen molar-refractivity contribution in [3.63, 3.8) is 0 Å². The van der Waals surface area contributed by atoms with Crippen LogP contribution in [0, 0.1) is 0 Å². The number of aliphatic hydroxyl groups is 1. The molecule has 0 aliphatic heterocycles. The van der Waals surface area contributed by atoms with Gasteiger partial charge in [-0.05, 0) is 29.8 Å². The Bertz CT molecular complexity index is 582. The van der Waals surface area contributed by atoms with Crippen molar-refractivity contribution in [2.75, 3.05) is 7.11 Å². The minimum atomic E-state index is -0.182. The molecule has 0 amide bonds. The summed E-state index contributed by atoms with van der Waals surface area (Å²) in [6.07, 6.45) is 0. The van der Waals surface area contributed by atoms with Crippen LogP contribution in [0.3, 0.4) is 0 Å². The number of hydrogen-bond donors (Lipinski definition) is 1. The van der Waals surface area contributed by atoms with Crippen molar-refractivity contribution < 1.29 is 14.6 Å². The highest BCUT2D eigenvalue weighted by atomic mass is 35.5. The number of ether oxygens (including phenoxy) is 2. The maximum Gasteiger partial charge on any atom is 0.144 e. The molecule has 0 heterocycles. The third-order valence-electron chi connectivity index (χ3n) is 2.80. The molecule has 0 unspecified atom stereocenters. The van der Waals surface area contributed by atoms with Crippen molar-refractivity contribution in [1.82, 2.24) is 0 Å². The summed E-state index contributed by atoms with van der Waals surface area (Å²) in [5.74, 6) is 1.24. The summed E-state index contributed by atoms with van der Waals surface area (Å²) in [6, 6.07) is 10.7. The fourth-order valence-electron chi connectivity index (χ4n) is 1.77. The molecule has 5 heteroatoms. The summed E-state index contributed by atoms with van der Waals surface area (Å²) >= 11 is 12.0. The largest absolute Gasteiger partial charge is 0.497 e. The van der Waals surface area contributed by atoms with E-state index in [0.29, 0.717) is 28.0 Å². The van der Waals surface area contributed by atoms with Gasteiger partial charge in [0.2, 0.25) is 0 Å². The topological polar surface area (TPSA) is 38.7 Å². The van der Waals surface area contributed by atoms with Crippen LogP contribution in [0.2, 0.25) is 10.0 Å². The van der Waals surface area contributed by atoms with E-state index < -0.39 is 0 Å². The van der Waals surface area contributed by atoms with E-state index in [1.165, 1.54) is 0 Å². The first kappa shape index (κ1) is 15.0. The maximum atomic E-state index is 9.32. The van der Waals surface area contributed by atoms with Crippen LogP contribution in [0.4, 0.5) is 0 Å². The molecule has 0 aliphatic carbocycles. The molecule has 2 aromatic carbocycles. The van der Waals surface area contributed by atoms with E-state index >= 15 is 0 Å². The second-order valence-electron chi connectivity index (χ2n) is 4.17. The predicted molar refractivity (Wildman–Crippen MR) is 79.7 cm³/mol. The van der Waals surface area contributed by atoms with Crippen LogP contribution < -0.4 is 9.47 Å². The van der Waals surface area contributed by atoms with Gasteiger partial charge in [-0.25, -0.2) is 0 Å². The molecule has 2 aromatic rings. The summed E-state index contributed by atoms with van der Waals surface area (Å²) in [7, 11) is 1.62. The van der Waals surface area contributed by atoms with Crippen molar-refractivity contribution in [2.24, 2.45) is 0 Å². The number of hydrogen-bond acceptors (Lipinski definition) is 3. The fraction of sp³-hybridized carbons (Fsp3) is 0.200. The average molecular weight is 313 g/mol. The lowest BCUT2D eigenvalue weighted by atomic mass is 10.2. The van der Waals surface area contributed by atoms with E-state index in [0.717, 1.165) is 11.3 Å². The van der Waals surface area contributed by atoms with Crippen molar-refractivity contribution in [3.05, 3.63) is 57.6 Å². The normalized spacial score (nSPS) is 10.4. The second-order valence-corrected chi connectivity index (χ2v) is 5.01. The molecular formula is C15H14Cl2O3. The number of methoxy groups -OCH3 is 1. The summed E-state index contributed by atoms with van der Waals surface area (Å²) in [6.45, 7) is 0.163. The lowest BCUT2D eigenvalue weighted by Crippen LogP contribution is -2.00. The van der Waals surface area contributed by atoms with Gasteiger partial charge in [0.1, 0.15) is 18.1 Å². The van der Waals surface area contributed by atoms with E-state index in [-0.39, 0.29) is 6.61 Å². The number of halogens is 2. The summed E-state index contributed by atoms with van der Waals surface area (Å²) in [5, 5.41) is 10.2. The Balaban J connectivity index is 2.13. The zero-order valence-electron chi connectivity index (χ0n) is 10.9. The molecule has 0 aromatic heterocycles. The molecule has 106 valence electrons. The van der Waals surface area contributed by atoms with Crippen LogP contribution in [0.1, 0.15) is 11.1 Å². The van der Waals surface area contributed by atoms with Gasteiger partial charge >= 0.3 is 0 Å². The van der Waals surface area contributed by atoms with Crippen molar-refractivity contribution in [3.8, 4) is 11.5 Å². The maximum absolute atomic E-state index is 9.32. The molecule has 0 atom stereocenters. The minimum absolute atomic E-state index is 0.182. The van der Waals surface area contributed by atoms with Gasteiger partial charge in [-0.1, -0.05) is 35.3 Å². The number of aliphatic hydroxyl groups excluding tert-OH is 1. The first-order valence-electron chi connectivity index (χ1n) is 5.98. The Morgan fingerprint density at radius 2 is 1.80 bits per heavy atom. The summed E-state index contributed by atoms with van der Waals surface area (Å²) in [5.41, 5.74) is 1.54. The second kappa shape index (κ2) is 6.84. The number of benzene rings is 2. The SMILES string of the molecule is COc1ccc(COc2c(Cl)cc(Cl)cc2CO)cc1. The lowest BCUT2D eigenvalue weighted by molar-refractivity contribution is 0.259. The van der Waals surface area contributed by atoms with Crippen molar-refractivity contribution in [2.45, 2.75) is 13.2 Å². The molecule has 0 spiro atoms. The van der Waals surface area contributed by atoms with E-state index in [1.54, 1.807) is 19.2 Å². The molecule has 20 heavy (non-hydrogen) atoms. The van der Waals surface area contributed by atoms with Crippen molar-refractivity contribution >= 4 is 23.2 Å². The third kappa shape index (κ3) is 3.57. The number of rotatable bonds is 5. The highest BCUT2D eigenvalue weighted by Gasteiger charge is 2.10. The van der Waals surface area contributed by atoms with Gasteiger partial charge in [0.25, 0.3) is 0 Å². The van der Waals surface area contributed by atoms with E-state index in [9.17, 15) is 5.11 Å². The Morgan fingerprint density at radius 1 is 1.10 bits per heavy atom. The van der Waals surface area contributed by atoms with Crippen LogP contribution in [0.15, 0.2) is 36.4 Å². The molecule has 0 saturated heterocycles. The van der Waals surface area contributed by atoms with E-state index in [4.69, 9.17) is 32.7 Å². The average Bonchev–Trinajstić information content (AvgIpc) is 2.46. The fourth-order valence-corrected chi connectivity index (χ4v) is 2.36. The molecule has 2 rings (SSSR count). The standard InChI is InChI=1S/C15H14Cl2O3/c1-19-13-4-2-10(3-5-13)9-20-15-11(8-18)6-12(16)7-14(15)17/h2-7,18H,8-9H2,1H3. The molecular weight excluding hydrogens is 299 g/mol. The molecule has 0 fully saturated rings. The van der Waals surface area contributed by atoms with Crippen LogP contribution in [0.25, 0.3) is 0 Å². The van der Waals surface area contributed by atoms with Gasteiger partial charge in [-0.3, -0.25) is 0 Å². The Labute approximate surface area is 127 Å². The van der Waals surface area contributed by atoms with E-state index in [1.807, 2.05) is 24.3 Å². The summed E-state index contributed by atoms with van der Waals surface area (Å²) < 4.78 is 10.8. The summed E-state index contributed by atoms with van der Waals surface area (Å²) in [4.78, 5) is 0. The van der Waals surface area contributed by atoms with Gasteiger partial charge in [0, 0.05) is 10.6 Å². The zero-order valence-corrected chi connectivity index (χ0v) is 12.4. The Morgan fingerprint density at radius 3 is 2.40 bits per heavy atom. The van der Waals surface area contributed by atoms with Crippen LogP contribution >= 0.6 is 23.2 Å². The minimum Gasteiger partial charge on any atom is -0.497 e.